The summed E-state index contributed by atoms with van der Waals surface area (Å²) in [6.45, 7) is 3.76. The van der Waals surface area contributed by atoms with Gasteiger partial charge in [-0.2, -0.15) is 5.10 Å². The Bertz CT molecular complexity index is 552. The van der Waals surface area contributed by atoms with E-state index in [1.807, 2.05) is 18.7 Å². The van der Waals surface area contributed by atoms with E-state index in [0.29, 0.717) is 18.3 Å². The molecule has 1 aliphatic carbocycles. The molecule has 0 aliphatic heterocycles. The number of hydroxylamine groups is 1. The van der Waals surface area contributed by atoms with Crippen LogP contribution in [0.2, 0.25) is 0 Å². The zero-order valence-corrected chi connectivity index (χ0v) is 12.6. The molecule has 1 saturated carbocycles. The van der Waals surface area contributed by atoms with Gasteiger partial charge in [0, 0.05) is 19.2 Å². The summed E-state index contributed by atoms with van der Waals surface area (Å²) in [6.07, 6.45) is 3.79. The predicted octanol–water partition coefficient (Wildman–Crippen LogP) is 1.45. The van der Waals surface area contributed by atoms with Crippen molar-refractivity contribution in [1.82, 2.24) is 15.3 Å². The monoisotopic (exact) mass is 294 g/mol. The average Bonchev–Trinajstić information content (AvgIpc) is 3.10. The summed E-state index contributed by atoms with van der Waals surface area (Å²) in [5.74, 6) is 1.56. The van der Waals surface area contributed by atoms with Gasteiger partial charge in [-0.15, -0.1) is 0 Å². The second-order valence-corrected chi connectivity index (χ2v) is 5.86. The Kier molecular flexibility index (Phi) is 4.62. The zero-order valence-electron chi connectivity index (χ0n) is 12.6. The molecule has 3 N–H and O–H groups in total. The van der Waals surface area contributed by atoms with Gasteiger partial charge in [-0.05, 0) is 36.7 Å². The molecular formula is C14H22N4O3. The van der Waals surface area contributed by atoms with Crippen LogP contribution >= 0.6 is 0 Å². The van der Waals surface area contributed by atoms with E-state index in [1.165, 1.54) is 0 Å². The zero-order chi connectivity index (χ0) is 15.6. The normalized spacial score (nSPS) is 23.0. The van der Waals surface area contributed by atoms with Crippen molar-refractivity contribution in [2.45, 2.75) is 39.0 Å². The third kappa shape index (κ3) is 3.41. The number of carbonyl (C=O) groups is 1. The number of carbonyl (C=O) groups excluding carboxylic acids is 1. The van der Waals surface area contributed by atoms with Gasteiger partial charge in [-0.3, -0.25) is 15.4 Å². The minimum Gasteiger partial charge on any atom is -0.409 e. The molecule has 2 rings (SSSR count). The van der Waals surface area contributed by atoms with Gasteiger partial charge in [0.05, 0.1) is 12.6 Å². The maximum atomic E-state index is 11.2. The number of ketones is 1. The van der Waals surface area contributed by atoms with Gasteiger partial charge in [-0.1, -0.05) is 12.1 Å². The molecule has 1 fully saturated rings. The predicted molar refractivity (Wildman–Crippen MR) is 76.4 cm³/mol. The smallest absolute Gasteiger partial charge is 0.171 e. The summed E-state index contributed by atoms with van der Waals surface area (Å²) in [5.41, 5.74) is 3.85. The fraction of sp³-hybridized carbons (Fsp3) is 0.643. The fourth-order valence-corrected chi connectivity index (χ4v) is 3.05. The molecule has 1 heterocycles. The number of aromatic nitrogens is 2. The van der Waals surface area contributed by atoms with Crippen LogP contribution in [0.5, 0.6) is 0 Å². The lowest BCUT2D eigenvalue weighted by atomic mass is 9.93. The van der Waals surface area contributed by atoms with Crippen molar-refractivity contribution in [1.29, 1.82) is 0 Å². The van der Waals surface area contributed by atoms with Gasteiger partial charge in [0.25, 0.3) is 0 Å². The number of oxime groups is 1. The summed E-state index contributed by atoms with van der Waals surface area (Å²) in [5, 5.41) is 25.0. The second-order valence-electron chi connectivity index (χ2n) is 5.86. The number of aryl methyl sites for hydroxylation is 1. The van der Waals surface area contributed by atoms with Crippen molar-refractivity contribution in [3.8, 4) is 0 Å². The molecule has 1 aromatic rings. The molecule has 2 unspecified atom stereocenters. The van der Waals surface area contributed by atoms with Crippen LogP contribution in [0, 0.1) is 11.8 Å². The van der Waals surface area contributed by atoms with Crippen molar-refractivity contribution in [3.05, 3.63) is 17.5 Å². The van der Waals surface area contributed by atoms with Crippen molar-refractivity contribution in [3.63, 3.8) is 0 Å². The minimum atomic E-state index is 0.0723. The first-order chi connectivity index (χ1) is 9.97. The first kappa shape index (κ1) is 15.5. The molecule has 0 amide bonds. The third-order valence-electron chi connectivity index (χ3n) is 4.34. The van der Waals surface area contributed by atoms with Gasteiger partial charge in [0.15, 0.2) is 5.84 Å². The molecule has 0 aromatic carbocycles. The van der Waals surface area contributed by atoms with Gasteiger partial charge in [0.1, 0.15) is 5.78 Å². The SMILES string of the molecule is CC(=O)CC1CC1[C@@H](C)c1cnn(C)c1C/C(=N/O)NO. The highest BCUT2D eigenvalue weighted by Crippen LogP contribution is 2.50. The van der Waals surface area contributed by atoms with E-state index in [9.17, 15) is 4.79 Å². The Hall–Kier alpha value is -1.89. The van der Waals surface area contributed by atoms with E-state index in [-0.39, 0.29) is 24.0 Å². The largest absolute Gasteiger partial charge is 0.409 e. The van der Waals surface area contributed by atoms with Gasteiger partial charge >= 0.3 is 0 Å². The van der Waals surface area contributed by atoms with Crippen LogP contribution in [0.4, 0.5) is 0 Å². The second kappa shape index (κ2) is 6.26. The Morgan fingerprint density at radius 2 is 2.38 bits per heavy atom. The molecule has 0 bridgehead atoms. The van der Waals surface area contributed by atoms with E-state index in [4.69, 9.17) is 10.4 Å². The van der Waals surface area contributed by atoms with Crippen LogP contribution in [0.1, 0.15) is 43.9 Å². The molecule has 1 aliphatic rings. The number of amidine groups is 1. The number of rotatable bonds is 6. The average molecular weight is 294 g/mol. The van der Waals surface area contributed by atoms with Gasteiger partial charge < -0.3 is 10.0 Å². The third-order valence-corrected chi connectivity index (χ3v) is 4.34. The Morgan fingerprint density at radius 1 is 1.67 bits per heavy atom. The Morgan fingerprint density at radius 3 is 2.95 bits per heavy atom. The standard InChI is InChI=1S/C14H22N4O3/c1-8(19)4-10-5-11(10)9(2)12-7-15-18(3)13(12)6-14(16-20)17-21/h7,9-11,20-21H,4-6H2,1-3H3,(H,16,17)/t9-,10?,11?/m1/s1. The molecule has 21 heavy (non-hydrogen) atoms. The van der Waals surface area contributed by atoms with Crippen molar-refractivity contribution < 1.29 is 15.2 Å². The van der Waals surface area contributed by atoms with Crippen molar-refractivity contribution in [2.24, 2.45) is 24.0 Å². The minimum absolute atomic E-state index is 0.0723. The number of hydrogen-bond acceptors (Lipinski definition) is 5. The highest BCUT2D eigenvalue weighted by Gasteiger charge is 2.42. The molecule has 0 saturated heterocycles. The topological polar surface area (TPSA) is 99.7 Å². The lowest BCUT2D eigenvalue weighted by Crippen LogP contribution is -2.23. The first-order valence-corrected chi connectivity index (χ1v) is 7.09. The molecule has 7 heteroatoms. The van der Waals surface area contributed by atoms with Crippen molar-refractivity contribution >= 4 is 11.6 Å². The quantitative estimate of drug-likeness (QED) is 0.319. The van der Waals surface area contributed by atoms with Gasteiger partial charge in [0.2, 0.25) is 0 Å². The maximum Gasteiger partial charge on any atom is 0.171 e. The highest BCUT2D eigenvalue weighted by atomic mass is 16.5. The summed E-state index contributed by atoms with van der Waals surface area (Å²) in [7, 11) is 1.82. The molecular weight excluding hydrogens is 272 g/mol. The maximum absolute atomic E-state index is 11.2. The highest BCUT2D eigenvalue weighted by molar-refractivity contribution is 5.82. The lowest BCUT2D eigenvalue weighted by molar-refractivity contribution is -0.117. The number of hydrogen-bond donors (Lipinski definition) is 3. The lowest BCUT2D eigenvalue weighted by Gasteiger charge is -2.13. The van der Waals surface area contributed by atoms with E-state index in [0.717, 1.165) is 17.7 Å². The molecule has 3 atom stereocenters. The molecule has 0 spiro atoms. The number of Topliss-reactive ketones (excluding diaryl/α,β-unsaturated/α-hetero) is 1. The number of nitrogens with zero attached hydrogens (tertiary/aromatic N) is 3. The Labute approximate surface area is 123 Å². The molecule has 0 radical (unpaired) electrons. The van der Waals surface area contributed by atoms with Crippen LogP contribution in [0.15, 0.2) is 11.4 Å². The Balaban J connectivity index is 2.12. The van der Waals surface area contributed by atoms with Crippen LogP contribution < -0.4 is 5.48 Å². The van der Waals surface area contributed by atoms with Crippen molar-refractivity contribution in [2.75, 3.05) is 0 Å². The van der Waals surface area contributed by atoms with E-state index in [2.05, 4.69) is 17.2 Å². The molecule has 116 valence electrons. The van der Waals surface area contributed by atoms with Crippen LogP contribution in [0.25, 0.3) is 0 Å². The number of nitrogens with one attached hydrogen (secondary N) is 1. The molecule has 1 aromatic heterocycles. The van der Waals surface area contributed by atoms with E-state index >= 15 is 0 Å². The van der Waals surface area contributed by atoms with Gasteiger partial charge in [-0.25, -0.2) is 0 Å². The molecule has 7 nitrogen and oxygen atoms in total. The fourth-order valence-electron chi connectivity index (χ4n) is 3.05. The summed E-state index contributed by atoms with van der Waals surface area (Å²) >= 11 is 0. The van der Waals surface area contributed by atoms with E-state index < -0.39 is 0 Å². The van der Waals surface area contributed by atoms with Crippen LogP contribution in [-0.4, -0.2) is 31.8 Å². The first-order valence-electron chi connectivity index (χ1n) is 7.09. The summed E-state index contributed by atoms with van der Waals surface area (Å²) in [4.78, 5) is 11.2. The van der Waals surface area contributed by atoms with E-state index in [1.54, 1.807) is 11.6 Å². The summed E-state index contributed by atoms with van der Waals surface area (Å²) < 4.78 is 1.72. The van der Waals surface area contributed by atoms with Crippen LogP contribution in [-0.2, 0) is 18.3 Å². The van der Waals surface area contributed by atoms with Crippen LogP contribution in [0.3, 0.4) is 0 Å². The summed E-state index contributed by atoms with van der Waals surface area (Å²) in [6, 6.07) is 0.